The summed E-state index contributed by atoms with van der Waals surface area (Å²) < 4.78 is 4.31. The molecule has 0 atom stereocenters. The fraction of sp³-hybridized carbons (Fsp3) is 1.00. The predicted molar refractivity (Wildman–Crippen MR) is 33.1 cm³/mol. The van der Waals surface area contributed by atoms with Crippen LogP contribution in [0.2, 0.25) is 0 Å². The van der Waals surface area contributed by atoms with E-state index in [1.807, 2.05) is 0 Å². The zero-order valence-electron chi connectivity index (χ0n) is 5.39. The molecule has 0 bridgehead atoms. The lowest BCUT2D eigenvalue weighted by Gasteiger charge is -2.12. The Kier molecular flexibility index (Phi) is 3.24. The van der Waals surface area contributed by atoms with Gasteiger partial charge in [0.2, 0.25) is 9.84 Å². The molecule has 2 nitrogen and oxygen atoms in total. The van der Waals surface area contributed by atoms with Crippen molar-refractivity contribution in [3.8, 4) is 0 Å². The van der Waals surface area contributed by atoms with E-state index in [9.17, 15) is 0 Å². The largest absolute Gasteiger partial charge is 0.318 e. The van der Waals surface area contributed by atoms with Crippen LogP contribution in [0, 0.1) is 0 Å². The summed E-state index contributed by atoms with van der Waals surface area (Å²) in [5.41, 5.74) is 0. The molecule has 0 heterocycles. The van der Waals surface area contributed by atoms with E-state index in [1.165, 1.54) is 0 Å². The summed E-state index contributed by atoms with van der Waals surface area (Å²) in [6.07, 6.45) is 0. The third-order valence-electron chi connectivity index (χ3n) is 0.400. The summed E-state index contributed by atoms with van der Waals surface area (Å²) in [7, 11) is 9.08. The minimum absolute atomic E-state index is 0.812. The van der Waals surface area contributed by atoms with E-state index in [0.717, 1.165) is 9.84 Å². The van der Waals surface area contributed by atoms with Gasteiger partial charge in [-0.25, -0.2) is 0 Å². The second-order valence-corrected chi connectivity index (χ2v) is 3.88. The molecule has 7 heavy (non-hydrogen) atoms. The Balaban J connectivity index is 2.95. The van der Waals surface area contributed by atoms with Crippen molar-refractivity contribution in [3.05, 3.63) is 0 Å². The molecule has 0 aliphatic rings. The highest BCUT2D eigenvalue weighted by molar-refractivity contribution is 6.27. The molecule has 0 aromatic rings. The van der Waals surface area contributed by atoms with Crippen molar-refractivity contribution in [2.24, 2.45) is 0 Å². The fourth-order valence-corrected chi connectivity index (χ4v) is 1.20. The van der Waals surface area contributed by atoms with Crippen LogP contribution < -0.4 is 0 Å². The minimum Gasteiger partial charge on any atom is -0.318 e. The molecule has 0 aromatic carbocycles. The second kappa shape index (κ2) is 3.18. The molecule has 0 saturated heterocycles. The van der Waals surface area contributed by atoms with Crippen LogP contribution in [-0.4, -0.2) is 47.2 Å². The topological polar surface area (TPSA) is 6.48 Å². The first-order chi connectivity index (χ1) is 3.13. The van der Waals surface area contributed by atoms with Crippen LogP contribution in [0.4, 0.5) is 0 Å². The van der Waals surface area contributed by atoms with Gasteiger partial charge in [0.05, 0.1) is 0 Å². The second-order valence-electron chi connectivity index (χ2n) is 1.89. The maximum Gasteiger partial charge on any atom is 0.250 e. The molecule has 0 rings (SSSR count). The van der Waals surface area contributed by atoms with Crippen LogP contribution in [-0.2, 0) is 0 Å². The molecule has 0 aromatic heterocycles. The highest BCUT2D eigenvalue weighted by atomic mass is 28.2. The molecule has 0 fully saturated rings. The van der Waals surface area contributed by atoms with E-state index in [0.29, 0.717) is 0 Å². The zero-order valence-corrected chi connectivity index (χ0v) is 6.39. The molecule has 0 unspecified atom stereocenters. The molecule has 0 amide bonds. The molecule has 0 N–H and O–H groups in total. The fourth-order valence-electron chi connectivity index (χ4n) is 0.400. The summed E-state index contributed by atoms with van der Waals surface area (Å²) in [4.78, 5) is 0. The van der Waals surface area contributed by atoms with Gasteiger partial charge in [-0.05, 0) is 28.2 Å². The third kappa shape index (κ3) is 6.14. The maximum atomic E-state index is 2.15. The molecule has 2 radical (unpaired) electrons. The maximum absolute atomic E-state index is 2.15. The van der Waals surface area contributed by atoms with E-state index in [2.05, 4.69) is 37.3 Å². The minimum atomic E-state index is 0.812. The summed E-state index contributed by atoms with van der Waals surface area (Å²) in [6.45, 7) is 0. The van der Waals surface area contributed by atoms with Crippen LogP contribution in [0.3, 0.4) is 0 Å². The number of hydrogen-bond acceptors (Lipinski definition) is 2. The Morgan fingerprint density at radius 2 is 1.14 bits per heavy atom. The highest BCUT2D eigenvalue weighted by Gasteiger charge is 1.92. The van der Waals surface area contributed by atoms with E-state index in [4.69, 9.17) is 0 Å². The lowest BCUT2D eigenvalue weighted by atomic mass is 11.3. The molecular formula is C4H12N2Si. The van der Waals surface area contributed by atoms with Gasteiger partial charge in [0.15, 0.2) is 0 Å². The Bertz CT molecular complexity index is 39.0. The summed E-state index contributed by atoms with van der Waals surface area (Å²) in [5, 5.41) is 0. The molecule has 0 aliphatic carbocycles. The molecule has 42 valence electrons. The van der Waals surface area contributed by atoms with E-state index < -0.39 is 0 Å². The standard InChI is InChI=1S/C4H12N2Si/c1-5(2)7-6(3)4/h1-4H3. The quantitative estimate of drug-likeness (QED) is 0.455. The van der Waals surface area contributed by atoms with E-state index in [-0.39, 0.29) is 0 Å². The summed E-state index contributed by atoms with van der Waals surface area (Å²) in [5.74, 6) is 0. The van der Waals surface area contributed by atoms with Gasteiger partial charge in [-0.15, -0.1) is 0 Å². The zero-order chi connectivity index (χ0) is 5.86. The first kappa shape index (κ1) is 7.14. The van der Waals surface area contributed by atoms with E-state index in [1.54, 1.807) is 0 Å². The normalized spacial score (nSPS) is 11.1. The first-order valence-electron chi connectivity index (χ1n) is 2.24. The van der Waals surface area contributed by atoms with Crippen LogP contribution in [0.1, 0.15) is 0 Å². The van der Waals surface area contributed by atoms with Crippen molar-refractivity contribution in [2.75, 3.05) is 28.2 Å². The van der Waals surface area contributed by atoms with Gasteiger partial charge in [-0.1, -0.05) is 0 Å². The molecule has 3 heteroatoms. The monoisotopic (exact) mass is 116 g/mol. The van der Waals surface area contributed by atoms with Crippen molar-refractivity contribution in [1.29, 1.82) is 0 Å². The van der Waals surface area contributed by atoms with Gasteiger partial charge < -0.3 is 9.13 Å². The number of hydrogen-bond donors (Lipinski definition) is 0. The van der Waals surface area contributed by atoms with Gasteiger partial charge in [0.25, 0.3) is 0 Å². The van der Waals surface area contributed by atoms with Crippen molar-refractivity contribution >= 4 is 9.84 Å². The Labute approximate surface area is 48.1 Å². The van der Waals surface area contributed by atoms with Crippen molar-refractivity contribution in [3.63, 3.8) is 0 Å². The Morgan fingerprint density at radius 1 is 0.857 bits per heavy atom. The van der Waals surface area contributed by atoms with E-state index >= 15 is 0 Å². The van der Waals surface area contributed by atoms with Crippen LogP contribution in [0.5, 0.6) is 0 Å². The number of nitrogens with zero attached hydrogens (tertiary/aromatic N) is 2. The van der Waals surface area contributed by atoms with Crippen LogP contribution in [0.25, 0.3) is 0 Å². The van der Waals surface area contributed by atoms with Crippen molar-refractivity contribution in [2.45, 2.75) is 0 Å². The lowest BCUT2D eigenvalue weighted by molar-refractivity contribution is 0.549. The smallest absolute Gasteiger partial charge is 0.250 e. The lowest BCUT2D eigenvalue weighted by Crippen LogP contribution is -2.31. The van der Waals surface area contributed by atoms with Crippen molar-refractivity contribution < 1.29 is 0 Å². The van der Waals surface area contributed by atoms with Crippen molar-refractivity contribution in [1.82, 2.24) is 9.13 Å². The predicted octanol–water partition coefficient (Wildman–Crippen LogP) is -0.356. The Hall–Kier alpha value is 0.137. The molecule has 0 spiro atoms. The average molecular weight is 116 g/mol. The first-order valence-corrected chi connectivity index (χ1v) is 3.13. The highest BCUT2D eigenvalue weighted by Crippen LogP contribution is 1.70. The summed E-state index contributed by atoms with van der Waals surface area (Å²) >= 11 is 0. The SMILES string of the molecule is CN(C)[Si]N(C)C. The van der Waals surface area contributed by atoms with Gasteiger partial charge in [0, 0.05) is 0 Å². The van der Waals surface area contributed by atoms with Gasteiger partial charge in [-0.2, -0.15) is 0 Å². The van der Waals surface area contributed by atoms with Gasteiger partial charge in [0.1, 0.15) is 0 Å². The summed E-state index contributed by atoms with van der Waals surface area (Å²) in [6, 6.07) is 0. The molecule has 0 aliphatic heterocycles. The van der Waals surface area contributed by atoms with Gasteiger partial charge in [-0.3, -0.25) is 0 Å². The number of rotatable bonds is 2. The third-order valence-corrected chi connectivity index (χ3v) is 1.20. The van der Waals surface area contributed by atoms with Gasteiger partial charge >= 0.3 is 0 Å². The molecule has 0 saturated carbocycles. The Morgan fingerprint density at radius 3 is 1.14 bits per heavy atom. The average Bonchev–Trinajstić information content (AvgIpc) is 1.27. The molecular weight excluding hydrogens is 104 g/mol. The van der Waals surface area contributed by atoms with Crippen LogP contribution >= 0.6 is 0 Å². The van der Waals surface area contributed by atoms with Crippen LogP contribution in [0.15, 0.2) is 0 Å².